The fraction of sp³-hybridized carbons (Fsp3) is 0.316. The molecule has 3 rings (SSSR count). The number of nitrogens with zero attached hydrogens (tertiary/aromatic N) is 1. The number of likely N-dealkylation sites (N-methyl/N-ethyl adjacent to an activating group) is 1. The molecule has 2 aromatic carbocycles. The van der Waals surface area contributed by atoms with Gasteiger partial charge in [-0.3, -0.25) is 4.79 Å². The van der Waals surface area contributed by atoms with Crippen LogP contribution in [-0.2, 0) is 4.79 Å². The minimum Gasteiger partial charge on any atom is -0.311 e. The molecule has 2 unspecified atom stereocenters. The number of anilines is 1. The molecule has 2 N–H and O–H groups in total. The van der Waals surface area contributed by atoms with E-state index in [1.807, 2.05) is 67.3 Å². The Morgan fingerprint density at radius 2 is 1.96 bits per heavy atom. The lowest BCUT2D eigenvalue weighted by atomic mass is 10.0. The molecule has 1 saturated heterocycles. The van der Waals surface area contributed by atoms with Crippen molar-refractivity contribution < 1.29 is 4.79 Å². The lowest BCUT2D eigenvalue weighted by Gasteiger charge is -2.24. The number of hydrogen-bond acceptors (Lipinski definition) is 3. The summed E-state index contributed by atoms with van der Waals surface area (Å²) in [6.07, 6.45) is 0.711. The Kier molecular flexibility index (Phi) is 5.19. The number of amides is 1. The van der Waals surface area contributed by atoms with Crippen molar-refractivity contribution in [3.8, 4) is 0 Å². The maximum Gasteiger partial charge on any atom is 0.245 e. The number of carbonyl (C=O) groups is 1. The Bertz CT molecular complexity index is 717. The molecule has 0 spiro atoms. The number of hydrogen-bond donors (Lipinski definition) is 2. The molecular formula is C19H22ClN3O. The van der Waals surface area contributed by atoms with Crippen molar-refractivity contribution >= 4 is 23.2 Å². The van der Waals surface area contributed by atoms with Gasteiger partial charge in [0.25, 0.3) is 0 Å². The highest BCUT2D eigenvalue weighted by molar-refractivity contribution is 6.30. The smallest absolute Gasteiger partial charge is 0.245 e. The second-order valence-corrected chi connectivity index (χ2v) is 6.54. The molecule has 5 heteroatoms. The largest absolute Gasteiger partial charge is 0.311 e. The van der Waals surface area contributed by atoms with Crippen molar-refractivity contribution in [3.63, 3.8) is 0 Å². The number of nitrogens with one attached hydrogen (secondary N) is 2. The molecule has 1 heterocycles. The lowest BCUT2D eigenvalue weighted by Crippen LogP contribution is -2.45. The Balaban J connectivity index is 1.72. The van der Waals surface area contributed by atoms with E-state index in [-0.39, 0.29) is 18.0 Å². The first-order chi connectivity index (χ1) is 11.6. The number of carbonyl (C=O) groups excluding carboxylic acids is 1. The minimum atomic E-state index is -0.244. The summed E-state index contributed by atoms with van der Waals surface area (Å²) in [6, 6.07) is 15.6. The van der Waals surface area contributed by atoms with Crippen LogP contribution < -0.4 is 15.8 Å². The van der Waals surface area contributed by atoms with Crippen LogP contribution in [0.3, 0.4) is 0 Å². The molecule has 0 aliphatic carbocycles. The highest BCUT2D eigenvalue weighted by Crippen LogP contribution is 2.26. The van der Waals surface area contributed by atoms with E-state index in [1.165, 1.54) is 0 Å². The van der Waals surface area contributed by atoms with Crippen molar-refractivity contribution in [2.75, 3.05) is 11.4 Å². The number of aryl methyl sites for hydroxylation is 1. The van der Waals surface area contributed by atoms with Crippen LogP contribution in [0.4, 0.5) is 5.69 Å². The maximum atomic E-state index is 12.9. The first kappa shape index (κ1) is 17.0. The molecule has 0 aromatic heterocycles. The zero-order valence-electron chi connectivity index (χ0n) is 13.9. The van der Waals surface area contributed by atoms with Gasteiger partial charge in [-0.2, -0.15) is 0 Å². The summed E-state index contributed by atoms with van der Waals surface area (Å²) in [5.74, 6) is 0.0899. The molecule has 0 bridgehead atoms. The van der Waals surface area contributed by atoms with Gasteiger partial charge in [0.15, 0.2) is 0 Å². The molecule has 2 aromatic rings. The SMILES string of the molecule is CCN(C(=O)C1CC(c2ccc(Cl)cc2)NN1)c1cccc(C)c1. The molecule has 2 atom stereocenters. The fourth-order valence-electron chi connectivity index (χ4n) is 3.08. The van der Waals surface area contributed by atoms with E-state index in [0.29, 0.717) is 18.0 Å². The fourth-order valence-corrected chi connectivity index (χ4v) is 3.21. The van der Waals surface area contributed by atoms with Crippen molar-refractivity contribution in [2.24, 2.45) is 0 Å². The molecule has 126 valence electrons. The predicted molar refractivity (Wildman–Crippen MR) is 98.1 cm³/mol. The average molecular weight is 344 g/mol. The van der Waals surface area contributed by atoms with Crippen LogP contribution in [0.1, 0.15) is 30.5 Å². The van der Waals surface area contributed by atoms with E-state index >= 15 is 0 Å². The van der Waals surface area contributed by atoms with Crippen molar-refractivity contribution in [1.82, 2.24) is 10.9 Å². The molecule has 0 saturated carbocycles. The second kappa shape index (κ2) is 7.34. The van der Waals surface area contributed by atoms with Gasteiger partial charge in [-0.15, -0.1) is 0 Å². The van der Waals surface area contributed by atoms with Crippen LogP contribution in [0.25, 0.3) is 0 Å². The van der Waals surface area contributed by atoms with E-state index in [0.717, 1.165) is 16.8 Å². The number of benzene rings is 2. The van der Waals surface area contributed by atoms with Crippen LogP contribution in [0.2, 0.25) is 5.02 Å². The summed E-state index contributed by atoms with van der Waals surface area (Å²) in [5.41, 5.74) is 9.59. The molecule has 0 radical (unpaired) electrons. The van der Waals surface area contributed by atoms with Crippen molar-refractivity contribution in [3.05, 3.63) is 64.7 Å². The standard InChI is InChI=1S/C19H22ClN3O/c1-3-23(16-6-4-5-13(2)11-16)19(24)18-12-17(21-22-18)14-7-9-15(20)10-8-14/h4-11,17-18,21-22H,3,12H2,1-2H3. The first-order valence-corrected chi connectivity index (χ1v) is 8.61. The van der Waals surface area contributed by atoms with Gasteiger partial charge in [-0.1, -0.05) is 35.9 Å². The summed E-state index contributed by atoms with van der Waals surface area (Å²) in [7, 11) is 0. The normalized spacial score (nSPS) is 20.1. The highest BCUT2D eigenvalue weighted by atomic mass is 35.5. The van der Waals surface area contributed by atoms with Crippen LogP contribution in [0.5, 0.6) is 0 Å². The highest BCUT2D eigenvalue weighted by Gasteiger charge is 2.33. The van der Waals surface area contributed by atoms with Crippen molar-refractivity contribution in [2.45, 2.75) is 32.4 Å². The van der Waals surface area contributed by atoms with Gasteiger partial charge in [-0.05, 0) is 55.7 Å². The third kappa shape index (κ3) is 3.61. The van der Waals surface area contributed by atoms with E-state index in [4.69, 9.17) is 11.6 Å². The maximum absolute atomic E-state index is 12.9. The van der Waals surface area contributed by atoms with Gasteiger partial charge < -0.3 is 4.90 Å². The van der Waals surface area contributed by atoms with E-state index in [2.05, 4.69) is 10.9 Å². The van der Waals surface area contributed by atoms with Gasteiger partial charge in [-0.25, -0.2) is 10.9 Å². The molecule has 24 heavy (non-hydrogen) atoms. The van der Waals surface area contributed by atoms with Crippen LogP contribution in [0.15, 0.2) is 48.5 Å². The molecular weight excluding hydrogens is 322 g/mol. The van der Waals surface area contributed by atoms with Gasteiger partial charge in [0.1, 0.15) is 6.04 Å². The third-order valence-electron chi connectivity index (χ3n) is 4.37. The number of halogens is 1. The summed E-state index contributed by atoms with van der Waals surface area (Å²) >= 11 is 5.94. The number of hydrazine groups is 1. The number of rotatable bonds is 4. The molecule has 1 aliphatic heterocycles. The zero-order chi connectivity index (χ0) is 17.1. The Morgan fingerprint density at radius 1 is 1.21 bits per heavy atom. The summed E-state index contributed by atoms with van der Waals surface area (Å²) in [5, 5.41) is 0.717. The molecule has 4 nitrogen and oxygen atoms in total. The Morgan fingerprint density at radius 3 is 2.62 bits per heavy atom. The molecule has 1 aliphatic rings. The Hall–Kier alpha value is -1.88. The van der Waals surface area contributed by atoms with E-state index in [9.17, 15) is 4.79 Å². The van der Waals surface area contributed by atoms with Crippen LogP contribution in [-0.4, -0.2) is 18.5 Å². The summed E-state index contributed by atoms with van der Waals surface area (Å²) in [6.45, 7) is 4.68. The summed E-state index contributed by atoms with van der Waals surface area (Å²) in [4.78, 5) is 14.8. The van der Waals surface area contributed by atoms with Crippen molar-refractivity contribution in [1.29, 1.82) is 0 Å². The minimum absolute atomic E-state index is 0.0899. The molecule has 1 amide bonds. The zero-order valence-corrected chi connectivity index (χ0v) is 14.7. The van der Waals surface area contributed by atoms with Gasteiger partial charge in [0, 0.05) is 23.3 Å². The molecule has 1 fully saturated rings. The van der Waals surface area contributed by atoms with E-state index < -0.39 is 0 Å². The Labute approximate surface area is 147 Å². The van der Waals surface area contributed by atoms with Crippen LogP contribution >= 0.6 is 11.6 Å². The van der Waals surface area contributed by atoms with Gasteiger partial charge in [0.05, 0.1) is 0 Å². The average Bonchev–Trinajstić information content (AvgIpc) is 3.06. The topological polar surface area (TPSA) is 44.4 Å². The lowest BCUT2D eigenvalue weighted by molar-refractivity contribution is -0.120. The second-order valence-electron chi connectivity index (χ2n) is 6.10. The quantitative estimate of drug-likeness (QED) is 0.891. The van der Waals surface area contributed by atoms with Gasteiger partial charge in [0.2, 0.25) is 5.91 Å². The van der Waals surface area contributed by atoms with Gasteiger partial charge >= 0.3 is 0 Å². The predicted octanol–water partition coefficient (Wildman–Crippen LogP) is 3.61. The van der Waals surface area contributed by atoms with E-state index in [1.54, 1.807) is 0 Å². The first-order valence-electron chi connectivity index (χ1n) is 8.23. The monoisotopic (exact) mass is 343 g/mol. The van der Waals surface area contributed by atoms with Crippen LogP contribution in [0, 0.1) is 6.92 Å². The summed E-state index contributed by atoms with van der Waals surface area (Å²) < 4.78 is 0. The third-order valence-corrected chi connectivity index (χ3v) is 4.62.